The summed E-state index contributed by atoms with van der Waals surface area (Å²) >= 11 is 0. The second-order valence-corrected chi connectivity index (χ2v) is 3.51. The number of non-ortho nitro benzene ring substituents is 1. The van der Waals surface area contributed by atoms with Gasteiger partial charge in [-0.2, -0.15) is 0 Å². The molecule has 7 nitrogen and oxygen atoms in total. The predicted octanol–water partition coefficient (Wildman–Crippen LogP) is 2.47. The summed E-state index contributed by atoms with van der Waals surface area (Å²) in [6.45, 7) is 0. The van der Waals surface area contributed by atoms with Crippen LogP contribution in [0.3, 0.4) is 0 Å². The number of benzene rings is 2. The van der Waals surface area contributed by atoms with Crippen LogP contribution in [-0.2, 0) is 0 Å². The average molecular weight is 246 g/mol. The third kappa shape index (κ3) is 1.67. The molecule has 0 saturated heterocycles. The Morgan fingerprint density at radius 1 is 0.944 bits per heavy atom. The summed E-state index contributed by atoms with van der Waals surface area (Å²) in [5.74, 6) is 0. The topological polar surface area (TPSA) is 103 Å². The lowest BCUT2D eigenvalue weighted by molar-refractivity contribution is -0.393. The number of rotatable bonds is 3. The second kappa shape index (κ2) is 4.21. The molecular weight excluding hydrogens is 240 g/mol. The largest absolute Gasteiger partial charge is 0.298 e. The highest BCUT2D eigenvalue weighted by atomic mass is 16.6. The van der Waals surface area contributed by atoms with Crippen molar-refractivity contribution in [3.63, 3.8) is 0 Å². The third-order valence-electron chi connectivity index (χ3n) is 2.55. The van der Waals surface area contributed by atoms with Gasteiger partial charge in [-0.15, -0.1) is 0 Å². The van der Waals surface area contributed by atoms with Crippen molar-refractivity contribution in [2.24, 2.45) is 0 Å². The molecule has 0 spiro atoms. The summed E-state index contributed by atoms with van der Waals surface area (Å²) in [6, 6.07) is 6.83. The zero-order chi connectivity index (χ0) is 13.3. The van der Waals surface area contributed by atoms with Crippen LogP contribution in [0.2, 0.25) is 0 Å². The van der Waals surface area contributed by atoms with Crippen LogP contribution in [0.15, 0.2) is 30.3 Å². The number of nitro benzene ring substituents is 2. The van der Waals surface area contributed by atoms with Crippen LogP contribution < -0.4 is 0 Å². The van der Waals surface area contributed by atoms with Gasteiger partial charge in [0.2, 0.25) is 0 Å². The molecule has 0 aliphatic carbocycles. The fourth-order valence-corrected chi connectivity index (χ4v) is 1.79. The van der Waals surface area contributed by atoms with Crippen molar-refractivity contribution in [2.75, 3.05) is 0 Å². The van der Waals surface area contributed by atoms with E-state index in [2.05, 4.69) is 0 Å². The number of carbonyl (C=O) groups is 1. The molecule has 0 heterocycles. The smallest absolute Gasteiger partial charge is 0.287 e. The van der Waals surface area contributed by atoms with E-state index in [0.717, 1.165) is 6.07 Å². The zero-order valence-corrected chi connectivity index (χ0v) is 8.90. The van der Waals surface area contributed by atoms with Crippen LogP contribution in [0.5, 0.6) is 0 Å². The minimum absolute atomic E-state index is 0.152. The summed E-state index contributed by atoms with van der Waals surface area (Å²) in [5.41, 5.74) is -1.10. The van der Waals surface area contributed by atoms with E-state index in [0.29, 0.717) is 6.29 Å². The first kappa shape index (κ1) is 11.6. The van der Waals surface area contributed by atoms with Crippen LogP contribution >= 0.6 is 0 Å². The van der Waals surface area contributed by atoms with E-state index in [4.69, 9.17) is 0 Å². The molecule has 0 N–H and O–H groups in total. The lowest BCUT2D eigenvalue weighted by atomic mass is 10.0. The van der Waals surface area contributed by atoms with Crippen molar-refractivity contribution < 1.29 is 14.6 Å². The van der Waals surface area contributed by atoms with E-state index in [-0.39, 0.29) is 22.0 Å². The first-order chi connectivity index (χ1) is 8.56. The number of hydrogen-bond donors (Lipinski definition) is 0. The number of carbonyl (C=O) groups excluding carboxylic acids is 1. The fourth-order valence-electron chi connectivity index (χ4n) is 1.79. The Kier molecular flexibility index (Phi) is 2.72. The first-order valence-electron chi connectivity index (χ1n) is 4.86. The molecular formula is C11H6N2O5. The van der Waals surface area contributed by atoms with Gasteiger partial charge in [-0.3, -0.25) is 25.0 Å². The van der Waals surface area contributed by atoms with Crippen molar-refractivity contribution in [1.82, 2.24) is 0 Å². The molecule has 0 aliphatic heterocycles. The summed E-state index contributed by atoms with van der Waals surface area (Å²) in [7, 11) is 0. The van der Waals surface area contributed by atoms with Crippen molar-refractivity contribution in [3.05, 3.63) is 56.1 Å². The van der Waals surface area contributed by atoms with Gasteiger partial charge in [0.1, 0.15) is 5.56 Å². The Hall–Kier alpha value is -2.83. The molecule has 2 aromatic carbocycles. The van der Waals surface area contributed by atoms with E-state index < -0.39 is 15.5 Å². The van der Waals surface area contributed by atoms with E-state index in [1.54, 1.807) is 12.1 Å². The molecule has 18 heavy (non-hydrogen) atoms. The molecule has 0 fully saturated rings. The van der Waals surface area contributed by atoms with Gasteiger partial charge in [-0.1, -0.05) is 18.2 Å². The van der Waals surface area contributed by atoms with Crippen molar-refractivity contribution in [2.45, 2.75) is 0 Å². The minimum Gasteiger partial charge on any atom is -0.298 e. The van der Waals surface area contributed by atoms with Gasteiger partial charge in [0.05, 0.1) is 21.3 Å². The molecule has 2 rings (SSSR count). The molecule has 2 aromatic rings. The SMILES string of the molecule is O=Cc1c([N+](=O)[O-])cc([N+](=O)[O-])c2ccccc12. The second-order valence-electron chi connectivity index (χ2n) is 3.51. The van der Waals surface area contributed by atoms with Crippen molar-refractivity contribution in [1.29, 1.82) is 0 Å². The van der Waals surface area contributed by atoms with E-state index in [1.807, 2.05) is 0 Å². The lowest BCUT2D eigenvalue weighted by Crippen LogP contribution is -1.99. The zero-order valence-electron chi connectivity index (χ0n) is 8.90. The van der Waals surface area contributed by atoms with E-state index in [1.165, 1.54) is 12.1 Å². The Morgan fingerprint density at radius 3 is 2.00 bits per heavy atom. The Morgan fingerprint density at radius 2 is 1.50 bits per heavy atom. The highest BCUT2D eigenvalue weighted by molar-refractivity contribution is 6.06. The lowest BCUT2D eigenvalue weighted by Gasteiger charge is -2.03. The molecule has 0 aliphatic rings. The fraction of sp³-hybridized carbons (Fsp3) is 0. The summed E-state index contributed by atoms with van der Waals surface area (Å²) in [5, 5.41) is 22.1. The number of nitro groups is 2. The quantitative estimate of drug-likeness (QED) is 0.470. The van der Waals surface area contributed by atoms with Gasteiger partial charge in [0, 0.05) is 5.39 Å². The molecule has 0 radical (unpaired) electrons. The maximum absolute atomic E-state index is 11.0. The van der Waals surface area contributed by atoms with Crippen LogP contribution in [0.1, 0.15) is 10.4 Å². The molecule has 0 amide bonds. The minimum atomic E-state index is -0.802. The molecule has 0 aromatic heterocycles. The maximum Gasteiger partial charge on any atom is 0.287 e. The van der Waals surface area contributed by atoms with Gasteiger partial charge in [-0.05, 0) is 6.07 Å². The molecule has 0 bridgehead atoms. The van der Waals surface area contributed by atoms with Gasteiger partial charge < -0.3 is 0 Å². The van der Waals surface area contributed by atoms with E-state index in [9.17, 15) is 25.0 Å². The summed E-state index contributed by atoms with van der Waals surface area (Å²) < 4.78 is 0. The Labute approximate surface area is 99.9 Å². The monoisotopic (exact) mass is 246 g/mol. The van der Waals surface area contributed by atoms with Gasteiger partial charge in [-0.25, -0.2) is 0 Å². The van der Waals surface area contributed by atoms with Crippen molar-refractivity contribution in [3.8, 4) is 0 Å². The van der Waals surface area contributed by atoms with Crippen LogP contribution in [0, 0.1) is 20.2 Å². The number of nitrogens with zero attached hydrogens (tertiary/aromatic N) is 2. The Balaban J connectivity index is 3.00. The van der Waals surface area contributed by atoms with Gasteiger partial charge in [0.25, 0.3) is 11.4 Å². The summed E-state index contributed by atoms with van der Waals surface area (Å²) in [6.07, 6.45) is 0.337. The number of aldehydes is 1. The van der Waals surface area contributed by atoms with Crippen LogP contribution in [-0.4, -0.2) is 16.1 Å². The number of hydrogen-bond acceptors (Lipinski definition) is 5. The number of fused-ring (bicyclic) bond motifs is 1. The molecule has 0 unspecified atom stereocenters. The van der Waals surface area contributed by atoms with Gasteiger partial charge >= 0.3 is 0 Å². The van der Waals surface area contributed by atoms with E-state index >= 15 is 0 Å². The summed E-state index contributed by atoms with van der Waals surface area (Å²) in [4.78, 5) is 31.2. The van der Waals surface area contributed by atoms with Crippen LogP contribution in [0.4, 0.5) is 11.4 Å². The molecule has 7 heteroatoms. The highest BCUT2D eigenvalue weighted by Gasteiger charge is 2.24. The van der Waals surface area contributed by atoms with Crippen molar-refractivity contribution >= 4 is 28.4 Å². The molecule has 0 atom stereocenters. The predicted molar refractivity (Wildman–Crippen MR) is 62.6 cm³/mol. The Bertz CT molecular complexity index is 680. The first-order valence-corrected chi connectivity index (χ1v) is 4.86. The normalized spacial score (nSPS) is 10.2. The third-order valence-corrected chi connectivity index (χ3v) is 2.55. The maximum atomic E-state index is 11.0. The standard InChI is InChI=1S/C11H6N2O5/c14-6-9-7-3-1-2-4-8(7)10(12(15)16)5-11(9)13(17)18/h1-6H. The molecule has 0 saturated carbocycles. The van der Waals surface area contributed by atoms with Crippen LogP contribution in [0.25, 0.3) is 10.8 Å². The average Bonchev–Trinajstić information content (AvgIpc) is 2.36. The highest BCUT2D eigenvalue weighted by Crippen LogP contribution is 2.34. The molecule has 90 valence electrons. The van der Waals surface area contributed by atoms with Gasteiger partial charge in [0.15, 0.2) is 6.29 Å².